The van der Waals surface area contributed by atoms with Crippen LogP contribution in [0, 0.1) is 0 Å². The third kappa shape index (κ3) is 5.94. The lowest BCUT2D eigenvalue weighted by Crippen LogP contribution is -2.20. The van der Waals surface area contributed by atoms with Gasteiger partial charge in [-0.15, -0.1) is 0 Å². The molecule has 2 rings (SSSR count). The van der Waals surface area contributed by atoms with Gasteiger partial charge in [0.05, 0.1) is 0 Å². The van der Waals surface area contributed by atoms with Gasteiger partial charge in [-0.1, -0.05) is 36.2 Å². The highest BCUT2D eigenvalue weighted by Gasteiger charge is 2.19. The number of benzene rings is 1. The summed E-state index contributed by atoms with van der Waals surface area (Å²) in [4.78, 5) is 2.36. The van der Waals surface area contributed by atoms with Crippen LogP contribution in [-0.2, 0) is 6.54 Å². The summed E-state index contributed by atoms with van der Waals surface area (Å²) < 4.78 is 0. The average Bonchev–Trinajstić information content (AvgIpc) is 3.20. The first-order chi connectivity index (χ1) is 9.25. The number of nitrogens with one attached hydrogen (secondary N) is 1. The molecule has 0 aliphatic heterocycles. The van der Waals surface area contributed by atoms with Gasteiger partial charge in [0.1, 0.15) is 0 Å². The maximum absolute atomic E-state index is 6.17. The topological polar surface area (TPSA) is 15.3 Å². The Balaban J connectivity index is 1.53. The number of nitrogens with zero attached hydrogens (tertiary/aromatic N) is 1. The van der Waals surface area contributed by atoms with Crippen LogP contribution in [0.5, 0.6) is 0 Å². The van der Waals surface area contributed by atoms with Crippen molar-refractivity contribution in [1.82, 2.24) is 10.2 Å². The molecular weight excluding hydrogens is 256 g/mol. The van der Waals surface area contributed by atoms with E-state index in [2.05, 4.69) is 29.4 Å². The van der Waals surface area contributed by atoms with E-state index in [1.165, 1.54) is 44.2 Å². The third-order valence-corrected chi connectivity index (χ3v) is 3.99. The van der Waals surface area contributed by atoms with Crippen molar-refractivity contribution in [2.75, 3.05) is 20.1 Å². The lowest BCUT2D eigenvalue weighted by Gasteiger charge is -2.17. The Morgan fingerprint density at radius 2 is 2.00 bits per heavy atom. The Morgan fingerprint density at radius 1 is 1.21 bits per heavy atom. The van der Waals surface area contributed by atoms with Crippen molar-refractivity contribution in [2.24, 2.45) is 0 Å². The molecule has 1 saturated carbocycles. The number of unbranched alkanes of at least 4 members (excludes halogenated alkanes) is 2. The highest BCUT2D eigenvalue weighted by molar-refractivity contribution is 6.31. The molecule has 0 radical (unpaired) electrons. The Bertz CT molecular complexity index is 377. The molecule has 2 nitrogen and oxygen atoms in total. The fourth-order valence-electron chi connectivity index (χ4n) is 2.27. The van der Waals surface area contributed by atoms with Gasteiger partial charge < -0.3 is 10.2 Å². The number of halogens is 1. The van der Waals surface area contributed by atoms with Crippen molar-refractivity contribution >= 4 is 11.6 Å². The van der Waals surface area contributed by atoms with Crippen LogP contribution in [0.1, 0.15) is 37.7 Å². The van der Waals surface area contributed by atoms with E-state index in [-0.39, 0.29) is 0 Å². The standard InChI is InChI=1S/C16H25ClN2/c1-19(13-14-7-3-4-8-16(14)17)12-6-2-5-11-18-15-9-10-15/h3-4,7-8,15,18H,2,5-6,9-13H2,1H3. The second-order valence-corrected chi connectivity index (χ2v) is 6.03. The van der Waals surface area contributed by atoms with Crippen LogP contribution < -0.4 is 5.32 Å². The van der Waals surface area contributed by atoms with Crippen molar-refractivity contribution in [2.45, 2.75) is 44.7 Å². The monoisotopic (exact) mass is 280 g/mol. The zero-order valence-electron chi connectivity index (χ0n) is 11.9. The van der Waals surface area contributed by atoms with Crippen LogP contribution in [0.3, 0.4) is 0 Å². The first-order valence-electron chi connectivity index (χ1n) is 7.41. The molecule has 0 saturated heterocycles. The first kappa shape index (κ1) is 14.8. The second kappa shape index (κ2) is 7.88. The van der Waals surface area contributed by atoms with E-state index in [0.717, 1.165) is 24.2 Å². The van der Waals surface area contributed by atoms with Crippen molar-refractivity contribution in [3.8, 4) is 0 Å². The zero-order valence-corrected chi connectivity index (χ0v) is 12.6. The minimum atomic E-state index is 0.850. The van der Waals surface area contributed by atoms with Gasteiger partial charge in [0.15, 0.2) is 0 Å². The fraction of sp³-hybridized carbons (Fsp3) is 0.625. The van der Waals surface area contributed by atoms with Crippen LogP contribution in [-0.4, -0.2) is 31.1 Å². The van der Waals surface area contributed by atoms with Crippen LogP contribution in [0.15, 0.2) is 24.3 Å². The molecule has 1 aliphatic carbocycles. The molecule has 106 valence electrons. The summed E-state index contributed by atoms with van der Waals surface area (Å²) >= 11 is 6.17. The highest BCUT2D eigenvalue weighted by Crippen LogP contribution is 2.18. The minimum absolute atomic E-state index is 0.850. The largest absolute Gasteiger partial charge is 0.314 e. The van der Waals surface area contributed by atoms with Gasteiger partial charge in [0, 0.05) is 17.6 Å². The summed E-state index contributed by atoms with van der Waals surface area (Å²) in [7, 11) is 2.17. The molecule has 1 N–H and O–H groups in total. The number of rotatable bonds is 9. The molecule has 0 unspecified atom stereocenters. The van der Waals surface area contributed by atoms with E-state index in [1.807, 2.05) is 12.1 Å². The predicted octanol–water partition coefficient (Wildman–Crippen LogP) is 3.69. The molecule has 0 spiro atoms. The molecule has 0 bridgehead atoms. The average molecular weight is 281 g/mol. The highest BCUT2D eigenvalue weighted by atomic mass is 35.5. The molecule has 0 heterocycles. The van der Waals surface area contributed by atoms with Crippen LogP contribution in [0.25, 0.3) is 0 Å². The van der Waals surface area contributed by atoms with Gasteiger partial charge in [0.25, 0.3) is 0 Å². The molecule has 1 aromatic rings. The Hall–Kier alpha value is -0.570. The zero-order chi connectivity index (χ0) is 13.5. The van der Waals surface area contributed by atoms with Crippen molar-refractivity contribution < 1.29 is 0 Å². The molecule has 1 aliphatic rings. The van der Waals surface area contributed by atoms with E-state index in [0.29, 0.717) is 0 Å². The molecule has 3 heteroatoms. The molecule has 0 aromatic heterocycles. The summed E-state index contributed by atoms with van der Waals surface area (Å²) in [6.07, 6.45) is 6.66. The maximum Gasteiger partial charge on any atom is 0.0451 e. The van der Waals surface area contributed by atoms with Gasteiger partial charge >= 0.3 is 0 Å². The summed E-state index contributed by atoms with van der Waals surface area (Å²) in [6, 6.07) is 8.96. The van der Waals surface area contributed by atoms with E-state index >= 15 is 0 Å². The Labute approximate surface area is 122 Å². The molecule has 19 heavy (non-hydrogen) atoms. The number of hydrogen-bond acceptors (Lipinski definition) is 2. The summed E-state index contributed by atoms with van der Waals surface area (Å²) in [5.41, 5.74) is 1.22. The lowest BCUT2D eigenvalue weighted by atomic mass is 10.2. The molecule has 0 amide bonds. The van der Waals surface area contributed by atoms with E-state index in [1.54, 1.807) is 0 Å². The van der Waals surface area contributed by atoms with Crippen molar-refractivity contribution in [1.29, 1.82) is 0 Å². The molecule has 1 fully saturated rings. The maximum atomic E-state index is 6.17. The quantitative estimate of drug-likeness (QED) is 0.694. The van der Waals surface area contributed by atoms with Gasteiger partial charge in [-0.2, -0.15) is 0 Å². The third-order valence-electron chi connectivity index (χ3n) is 3.63. The van der Waals surface area contributed by atoms with Crippen LogP contribution in [0.2, 0.25) is 5.02 Å². The van der Waals surface area contributed by atoms with E-state index in [4.69, 9.17) is 11.6 Å². The minimum Gasteiger partial charge on any atom is -0.314 e. The van der Waals surface area contributed by atoms with Gasteiger partial charge in [0.2, 0.25) is 0 Å². The summed E-state index contributed by atoms with van der Waals surface area (Å²) in [5, 5.41) is 4.44. The predicted molar refractivity (Wildman–Crippen MR) is 82.7 cm³/mol. The van der Waals surface area contributed by atoms with E-state index in [9.17, 15) is 0 Å². The number of hydrogen-bond donors (Lipinski definition) is 1. The summed E-state index contributed by atoms with van der Waals surface area (Å²) in [5.74, 6) is 0. The Kier molecular flexibility index (Phi) is 6.15. The van der Waals surface area contributed by atoms with Crippen LogP contribution in [0.4, 0.5) is 0 Å². The van der Waals surface area contributed by atoms with Crippen molar-refractivity contribution in [3.05, 3.63) is 34.9 Å². The van der Waals surface area contributed by atoms with Gasteiger partial charge in [-0.3, -0.25) is 0 Å². The normalized spacial score (nSPS) is 15.1. The first-order valence-corrected chi connectivity index (χ1v) is 7.79. The SMILES string of the molecule is CN(CCCCCNC1CC1)Cc1ccccc1Cl. The van der Waals surface area contributed by atoms with Crippen molar-refractivity contribution in [3.63, 3.8) is 0 Å². The fourth-order valence-corrected chi connectivity index (χ4v) is 2.47. The smallest absolute Gasteiger partial charge is 0.0451 e. The van der Waals surface area contributed by atoms with Gasteiger partial charge in [-0.25, -0.2) is 0 Å². The molecular formula is C16H25ClN2. The van der Waals surface area contributed by atoms with E-state index < -0.39 is 0 Å². The summed E-state index contributed by atoms with van der Waals surface area (Å²) in [6.45, 7) is 3.29. The molecule has 1 aromatic carbocycles. The van der Waals surface area contributed by atoms with Crippen LogP contribution >= 0.6 is 11.6 Å². The molecule has 0 atom stereocenters. The Morgan fingerprint density at radius 3 is 2.74 bits per heavy atom. The second-order valence-electron chi connectivity index (χ2n) is 5.62. The van der Waals surface area contributed by atoms with Gasteiger partial charge in [-0.05, 0) is 57.5 Å². The lowest BCUT2D eigenvalue weighted by molar-refractivity contribution is 0.317.